The third kappa shape index (κ3) is 6.30. The molecule has 0 aliphatic carbocycles. The summed E-state index contributed by atoms with van der Waals surface area (Å²) in [7, 11) is 3.19. The lowest BCUT2D eigenvalue weighted by molar-refractivity contribution is -0.137. The summed E-state index contributed by atoms with van der Waals surface area (Å²) in [5.41, 5.74) is 8.71. The summed E-state index contributed by atoms with van der Waals surface area (Å²) >= 11 is 0. The molecule has 0 spiro atoms. The first-order valence-electron chi connectivity index (χ1n) is 12.0. The van der Waals surface area contributed by atoms with Gasteiger partial charge in [-0.15, -0.1) is 10.2 Å². The Balaban J connectivity index is 1.60. The Hall–Kier alpha value is -4.27. The molecule has 0 unspecified atom stereocenters. The smallest absolute Gasteiger partial charge is 0.383 e. The number of nitrogens with two attached hydrogens (primary N) is 1. The van der Waals surface area contributed by atoms with Gasteiger partial charge in [0.05, 0.1) is 30.0 Å². The molecule has 5 N–H and O–H groups in total. The highest BCUT2D eigenvalue weighted by Gasteiger charge is 2.31. The molecule has 2 aromatic carbocycles. The second kappa shape index (κ2) is 12.3. The van der Waals surface area contributed by atoms with Crippen molar-refractivity contribution in [3.05, 3.63) is 71.4 Å². The van der Waals surface area contributed by atoms with E-state index in [2.05, 4.69) is 26.1 Å². The molecule has 2 heterocycles. The maximum atomic E-state index is 14.0. The zero-order valence-corrected chi connectivity index (χ0v) is 21.6. The van der Waals surface area contributed by atoms with E-state index in [9.17, 15) is 22.4 Å². The van der Waals surface area contributed by atoms with E-state index in [0.717, 1.165) is 22.4 Å². The number of nitrogens with one attached hydrogen (secondary N) is 3. The first kappa shape index (κ1) is 28.7. The van der Waals surface area contributed by atoms with Gasteiger partial charge in [0, 0.05) is 49.8 Å². The van der Waals surface area contributed by atoms with E-state index in [1.54, 1.807) is 44.8 Å². The van der Waals surface area contributed by atoms with Gasteiger partial charge in [0.15, 0.2) is 5.82 Å². The zero-order chi connectivity index (χ0) is 28.9. The number of hydrogen-bond donors (Lipinski definition) is 4. The maximum absolute atomic E-state index is 14.0. The summed E-state index contributed by atoms with van der Waals surface area (Å²) in [6, 6.07) is 7.52. The van der Waals surface area contributed by atoms with Crippen molar-refractivity contribution in [3.63, 3.8) is 0 Å². The number of carbonyl (C=O) groups is 1. The van der Waals surface area contributed by atoms with E-state index >= 15 is 0 Å². The van der Waals surface area contributed by atoms with Gasteiger partial charge >= 0.3 is 12.2 Å². The number of nitrogens with zero attached hydrogens (tertiary/aromatic N) is 3. The quantitative estimate of drug-likeness (QED) is 0.164. The van der Waals surface area contributed by atoms with Crippen LogP contribution < -0.4 is 21.7 Å². The number of methoxy groups -OCH3 is 2. The Morgan fingerprint density at radius 3 is 2.50 bits per heavy atom. The molecule has 0 saturated heterocycles. The van der Waals surface area contributed by atoms with Gasteiger partial charge in [0.25, 0.3) is 0 Å². The first-order valence-corrected chi connectivity index (χ1v) is 12.0. The molecule has 0 aliphatic heterocycles. The van der Waals surface area contributed by atoms with Gasteiger partial charge in [-0.05, 0) is 35.9 Å². The van der Waals surface area contributed by atoms with Crippen molar-refractivity contribution in [1.82, 2.24) is 19.9 Å². The Morgan fingerprint density at radius 1 is 1.07 bits per heavy atom. The van der Waals surface area contributed by atoms with Crippen LogP contribution in [0.3, 0.4) is 0 Å². The van der Waals surface area contributed by atoms with Gasteiger partial charge < -0.3 is 31.2 Å². The van der Waals surface area contributed by atoms with Gasteiger partial charge in [0.2, 0.25) is 0 Å². The fourth-order valence-corrected chi connectivity index (χ4v) is 4.24. The standard InChI is InChI=1S/C26H27F4N7O3/c1-39-10-9-32-12-21-18(13-40-2)22(23-24(31)36-33-14-37(21)23)15-3-6-17(7-4-15)34-25(38)35-20-11-16(26(28,29)30)5-8-19(20)27/h3-8,11,14,32H,9-10,12-13H2,1-2H3,(H2,31,36)(H2,34,35,38). The molecule has 0 saturated carbocycles. The molecule has 10 nitrogen and oxygen atoms in total. The number of carbonyl (C=O) groups excluding carboxylic acids is 1. The normalized spacial score (nSPS) is 11.7. The molecule has 212 valence electrons. The van der Waals surface area contributed by atoms with Crippen molar-refractivity contribution < 1.29 is 31.8 Å². The van der Waals surface area contributed by atoms with Crippen LogP contribution in [0.15, 0.2) is 48.8 Å². The molecule has 2 aromatic heterocycles. The van der Waals surface area contributed by atoms with Crippen LogP contribution in [0.25, 0.3) is 16.6 Å². The highest BCUT2D eigenvalue weighted by Crippen LogP contribution is 2.37. The van der Waals surface area contributed by atoms with Crippen molar-refractivity contribution in [2.24, 2.45) is 0 Å². The number of nitrogen functional groups attached to an aromatic ring is 1. The fourth-order valence-electron chi connectivity index (χ4n) is 4.24. The maximum Gasteiger partial charge on any atom is 0.416 e. The van der Waals surface area contributed by atoms with Gasteiger partial charge in [-0.3, -0.25) is 4.40 Å². The van der Waals surface area contributed by atoms with E-state index < -0.39 is 29.3 Å². The minimum atomic E-state index is -4.68. The molecular formula is C26H27F4N7O3. The SMILES string of the molecule is COCCNCc1c(COC)c(-c2ccc(NC(=O)Nc3cc(C(F)(F)F)ccc3F)cc2)c2c(N)nncn12. The van der Waals surface area contributed by atoms with E-state index in [-0.39, 0.29) is 12.4 Å². The molecule has 4 aromatic rings. The van der Waals surface area contributed by atoms with Crippen LogP contribution in [-0.4, -0.2) is 48.0 Å². The predicted molar refractivity (Wildman–Crippen MR) is 141 cm³/mol. The average Bonchev–Trinajstić information content (AvgIpc) is 3.22. The molecule has 0 fully saturated rings. The summed E-state index contributed by atoms with van der Waals surface area (Å²) in [6.07, 6.45) is -3.12. The van der Waals surface area contributed by atoms with Gasteiger partial charge in [-0.25, -0.2) is 9.18 Å². The topological polar surface area (TPSA) is 128 Å². The lowest BCUT2D eigenvalue weighted by atomic mass is 10.0. The molecule has 40 heavy (non-hydrogen) atoms. The van der Waals surface area contributed by atoms with Gasteiger partial charge in [-0.2, -0.15) is 13.2 Å². The first-order chi connectivity index (χ1) is 19.1. The largest absolute Gasteiger partial charge is 0.416 e. The number of fused-ring (bicyclic) bond motifs is 1. The van der Waals surface area contributed by atoms with Crippen molar-refractivity contribution in [3.8, 4) is 11.1 Å². The third-order valence-corrected chi connectivity index (χ3v) is 6.03. The number of benzene rings is 2. The van der Waals surface area contributed by atoms with Crippen LogP contribution in [0.1, 0.15) is 16.8 Å². The number of anilines is 3. The van der Waals surface area contributed by atoms with Crippen molar-refractivity contribution in [2.45, 2.75) is 19.3 Å². The summed E-state index contributed by atoms with van der Waals surface area (Å²) in [5, 5.41) is 15.9. The lowest BCUT2D eigenvalue weighted by Gasteiger charge is -2.12. The van der Waals surface area contributed by atoms with Gasteiger partial charge in [-0.1, -0.05) is 12.1 Å². The minimum Gasteiger partial charge on any atom is -0.383 e. The summed E-state index contributed by atoms with van der Waals surface area (Å²) in [6.45, 7) is 1.88. The van der Waals surface area contributed by atoms with E-state index in [1.165, 1.54) is 0 Å². The van der Waals surface area contributed by atoms with Crippen LogP contribution in [-0.2, 0) is 28.8 Å². The number of hydrogen-bond acceptors (Lipinski definition) is 7. The van der Waals surface area contributed by atoms with Crippen LogP contribution in [0, 0.1) is 5.82 Å². The fraction of sp³-hybridized carbons (Fsp3) is 0.269. The second-order valence-corrected chi connectivity index (χ2v) is 8.69. The number of aromatic nitrogens is 3. The van der Waals surface area contributed by atoms with Crippen LogP contribution in [0.4, 0.5) is 39.5 Å². The highest BCUT2D eigenvalue weighted by atomic mass is 19.4. The van der Waals surface area contributed by atoms with E-state index in [4.69, 9.17) is 15.2 Å². The molecule has 0 radical (unpaired) electrons. The third-order valence-electron chi connectivity index (χ3n) is 6.03. The Morgan fingerprint density at radius 2 is 1.82 bits per heavy atom. The number of halogens is 4. The Kier molecular flexibility index (Phi) is 8.82. The van der Waals surface area contributed by atoms with Crippen molar-refractivity contribution >= 4 is 28.7 Å². The number of alkyl halides is 3. The van der Waals surface area contributed by atoms with E-state index in [1.807, 2.05) is 4.40 Å². The Labute approximate surface area is 226 Å². The molecule has 2 amide bonds. The lowest BCUT2D eigenvalue weighted by Crippen LogP contribution is -2.20. The van der Waals surface area contributed by atoms with Crippen molar-refractivity contribution in [1.29, 1.82) is 0 Å². The molecule has 0 bridgehead atoms. The van der Waals surface area contributed by atoms with Crippen molar-refractivity contribution in [2.75, 3.05) is 43.7 Å². The minimum absolute atomic E-state index is 0.211. The predicted octanol–water partition coefficient (Wildman–Crippen LogP) is 4.66. The summed E-state index contributed by atoms with van der Waals surface area (Å²) in [4.78, 5) is 12.4. The Bertz CT molecular complexity index is 1490. The number of rotatable bonds is 10. The second-order valence-electron chi connectivity index (χ2n) is 8.69. The molecule has 0 atom stereocenters. The number of urea groups is 1. The average molecular weight is 562 g/mol. The van der Waals surface area contributed by atoms with Crippen LogP contribution in [0.5, 0.6) is 0 Å². The number of amides is 2. The van der Waals surface area contributed by atoms with Crippen LogP contribution >= 0.6 is 0 Å². The molecule has 4 rings (SSSR count). The summed E-state index contributed by atoms with van der Waals surface area (Å²) < 4.78 is 65.4. The monoisotopic (exact) mass is 561 g/mol. The molecule has 0 aliphatic rings. The summed E-state index contributed by atoms with van der Waals surface area (Å²) in [5.74, 6) is -0.791. The number of ether oxygens (including phenoxy) is 2. The van der Waals surface area contributed by atoms with E-state index in [0.29, 0.717) is 49.1 Å². The molecule has 14 heteroatoms. The highest BCUT2D eigenvalue weighted by molar-refractivity contribution is 6.00. The van der Waals surface area contributed by atoms with Gasteiger partial charge in [0.1, 0.15) is 12.1 Å². The van der Waals surface area contributed by atoms with Crippen LogP contribution in [0.2, 0.25) is 0 Å². The zero-order valence-electron chi connectivity index (χ0n) is 21.6. The molecular weight excluding hydrogens is 534 g/mol.